The van der Waals surface area contributed by atoms with E-state index in [0.717, 1.165) is 38.8 Å². The van der Waals surface area contributed by atoms with E-state index in [0.29, 0.717) is 13.0 Å². The summed E-state index contributed by atoms with van der Waals surface area (Å²) >= 11 is 0. The van der Waals surface area contributed by atoms with E-state index in [1.54, 1.807) is 0 Å². The number of rotatable bonds is 1. The molecule has 0 spiro atoms. The highest BCUT2D eigenvalue weighted by atomic mass is 16.3. The summed E-state index contributed by atoms with van der Waals surface area (Å²) < 4.78 is 0. The van der Waals surface area contributed by atoms with Crippen molar-refractivity contribution in [2.45, 2.75) is 57.1 Å². The van der Waals surface area contributed by atoms with E-state index in [9.17, 15) is 9.90 Å². The van der Waals surface area contributed by atoms with Crippen molar-refractivity contribution in [3.8, 4) is 0 Å². The third kappa shape index (κ3) is 3.42. The van der Waals surface area contributed by atoms with Crippen LogP contribution < -0.4 is 5.32 Å². The van der Waals surface area contributed by atoms with Crippen molar-refractivity contribution in [1.29, 1.82) is 0 Å². The van der Waals surface area contributed by atoms with Crippen LogP contribution in [-0.4, -0.2) is 47.2 Å². The summed E-state index contributed by atoms with van der Waals surface area (Å²) in [7, 11) is 0. The number of carbonyl (C=O) groups is 1. The molecule has 2 heterocycles. The van der Waals surface area contributed by atoms with Crippen molar-refractivity contribution in [1.82, 2.24) is 10.2 Å². The second-order valence-corrected chi connectivity index (χ2v) is 5.68. The first-order valence-corrected chi connectivity index (χ1v) is 6.83. The van der Waals surface area contributed by atoms with Crippen molar-refractivity contribution in [2.24, 2.45) is 0 Å². The van der Waals surface area contributed by atoms with Gasteiger partial charge in [0.1, 0.15) is 0 Å². The molecule has 2 N–H and O–H groups in total. The summed E-state index contributed by atoms with van der Waals surface area (Å²) in [5.41, 5.74) is -0.588. The summed E-state index contributed by atoms with van der Waals surface area (Å²) in [4.78, 5) is 14.2. The first-order chi connectivity index (χ1) is 8.08. The Bertz CT molecular complexity index is 273. The van der Waals surface area contributed by atoms with Crippen LogP contribution in [0.25, 0.3) is 0 Å². The average molecular weight is 240 g/mol. The molecule has 4 heteroatoms. The first kappa shape index (κ1) is 12.8. The second-order valence-electron chi connectivity index (χ2n) is 5.68. The van der Waals surface area contributed by atoms with Gasteiger partial charge in [-0.05, 0) is 45.6 Å². The Balaban J connectivity index is 1.90. The van der Waals surface area contributed by atoms with Gasteiger partial charge in [-0.2, -0.15) is 0 Å². The molecule has 0 bridgehead atoms. The maximum atomic E-state index is 12.3. The minimum atomic E-state index is -0.588. The van der Waals surface area contributed by atoms with Crippen molar-refractivity contribution < 1.29 is 9.90 Å². The summed E-state index contributed by atoms with van der Waals surface area (Å²) in [6, 6.07) is 0.0202. The first-order valence-electron chi connectivity index (χ1n) is 6.83. The summed E-state index contributed by atoms with van der Waals surface area (Å²) in [6.45, 7) is 4.33. The highest BCUT2D eigenvalue weighted by Crippen LogP contribution is 2.22. The number of hydrogen-bond donors (Lipinski definition) is 2. The minimum absolute atomic E-state index is 0.0202. The standard InChI is InChI=1S/C13H24N2O2/c1-13(17)6-4-9-15(10-7-13)12(16)11-5-2-3-8-14-11/h11,14,17H,2-10H2,1H3/t11-,13?/m0/s1. The zero-order valence-corrected chi connectivity index (χ0v) is 10.7. The van der Waals surface area contributed by atoms with Gasteiger partial charge in [0.15, 0.2) is 0 Å². The summed E-state index contributed by atoms with van der Waals surface area (Å²) in [6.07, 6.45) is 5.70. The smallest absolute Gasteiger partial charge is 0.239 e. The third-order valence-corrected chi connectivity index (χ3v) is 3.98. The van der Waals surface area contributed by atoms with Gasteiger partial charge in [-0.1, -0.05) is 6.42 Å². The Morgan fingerprint density at radius 2 is 2.12 bits per heavy atom. The van der Waals surface area contributed by atoms with E-state index in [1.807, 2.05) is 11.8 Å². The van der Waals surface area contributed by atoms with Crippen LogP contribution in [0.4, 0.5) is 0 Å². The van der Waals surface area contributed by atoms with Gasteiger partial charge in [0.2, 0.25) is 5.91 Å². The average Bonchev–Trinajstić information content (AvgIpc) is 2.50. The molecule has 0 aromatic carbocycles. The molecule has 2 aliphatic heterocycles. The van der Waals surface area contributed by atoms with Gasteiger partial charge in [-0.3, -0.25) is 4.79 Å². The number of nitrogens with zero attached hydrogens (tertiary/aromatic N) is 1. The molecule has 1 amide bonds. The molecule has 2 fully saturated rings. The topological polar surface area (TPSA) is 52.6 Å². The van der Waals surface area contributed by atoms with E-state index in [4.69, 9.17) is 0 Å². The number of amides is 1. The van der Waals surface area contributed by atoms with Crippen molar-refractivity contribution in [2.75, 3.05) is 19.6 Å². The Hall–Kier alpha value is -0.610. The molecule has 0 aromatic rings. The van der Waals surface area contributed by atoms with Gasteiger partial charge >= 0.3 is 0 Å². The van der Waals surface area contributed by atoms with Crippen molar-refractivity contribution in [3.63, 3.8) is 0 Å². The van der Waals surface area contributed by atoms with Crippen LogP contribution in [-0.2, 0) is 4.79 Å². The van der Waals surface area contributed by atoms with Crippen molar-refractivity contribution >= 4 is 5.91 Å². The van der Waals surface area contributed by atoms with E-state index in [-0.39, 0.29) is 11.9 Å². The predicted octanol–water partition coefficient (Wildman–Crippen LogP) is 0.892. The molecule has 0 radical (unpaired) electrons. The van der Waals surface area contributed by atoms with E-state index < -0.39 is 5.60 Å². The Kier molecular flexibility index (Phi) is 4.05. The fourth-order valence-corrected chi connectivity index (χ4v) is 2.77. The quantitative estimate of drug-likeness (QED) is 0.716. The highest BCUT2D eigenvalue weighted by Gasteiger charge is 2.30. The number of piperidine rings is 1. The Morgan fingerprint density at radius 3 is 2.82 bits per heavy atom. The Labute approximate surface area is 103 Å². The van der Waals surface area contributed by atoms with Gasteiger partial charge in [0.05, 0.1) is 11.6 Å². The second kappa shape index (κ2) is 5.36. The minimum Gasteiger partial charge on any atom is -0.390 e. The molecule has 98 valence electrons. The maximum absolute atomic E-state index is 12.3. The lowest BCUT2D eigenvalue weighted by Crippen LogP contribution is -2.49. The molecule has 0 saturated carbocycles. The number of likely N-dealkylation sites (tertiary alicyclic amines) is 1. The van der Waals surface area contributed by atoms with Gasteiger partial charge in [-0.15, -0.1) is 0 Å². The molecule has 4 nitrogen and oxygen atoms in total. The normalized spacial score (nSPS) is 35.4. The van der Waals surface area contributed by atoms with Gasteiger partial charge < -0.3 is 15.3 Å². The molecule has 2 atom stereocenters. The molecule has 2 aliphatic rings. The van der Waals surface area contributed by atoms with E-state index >= 15 is 0 Å². The molecule has 17 heavy (non-hydrogen) atoms. The van der Waals surface area contributed by atoms with E-state index in [1.165, 1.54) is 6.42 Å². The van der Waals surface area contributed by atoms with E-state index in [2.05, 4.69) is 5.32 Å². The lowest BCUT2D eigenvalue weighted by Gasteiger charge is -2.29. The zero-order chi connectivity index (χ0) is 12.3. The Morgan fingerprint density at radius 1 is 1.29 bits per heavy atom. The zero-order valence-electron chi connectivity index (χ0n) is 10.7. The number of carbonyl (C=O) groups excluding carboxylic acids is 1. The maximum Gasteiger partial charge on any atom is 0.239 e. The van der Waals surface area contributed by atoms with Crippen LogP contribution in [0.5, 0.6) is 0 Å². The lowest BCUT2D eigenvalue weighted by molar-refractivity contribution is -0.134. The fourth-order valence-electron chi connectivity index (χ4n) is 2.77. The summed E-state index contributed by atoms with van der Waals surface area (Å²) in [5.74, 6) is 0.238. The number of aliphatic hydroxyl groups is 1. The number of nitrogens with one attached hydrogen (secondary N) is 1. The van der Waals surface area contributed by atoms with Crippen LogP contribution in [0.1, 0.15) is 45.4 Å². The number of hydrogen-bond acceptors (Lipinski definition) is 3. The van der Waals surface area contributed by atoms with Crippen LogP contribution in [0, 0.1) is 0 Å². The van der Waals surface area contributed by atoms with Gasteiger partial charge in [-0.25, -0.2) is 0 Å². The van der Waals surface area contributed by atoms with Crippen LogP contribution in [0.2, 0.25) is 0 Å². The largest absolute Gasteiger partial charge is 0.390 e. The van der Waals surface area contributed by atoms with Crippen LogP contribution >= 0.6 is 0 Å². The lowest BCUT2D eigenvalue weighted by atomic mass is 9.98. The SMILES string of the molecule is CC1(O)CCCN(C(=O)[C@@H]2CCCCN2)CC1. The fraction of sp³-hybridized carbons (Fsp3) is 0.923. The molecule has 0 aliphatic carbocycles. The van der Waals surface area contributed by atoms with Gasteiger partial charge in [0, 0.05) is 13.1 Å². The molecule has 1 unspecified atom stereocenters. The van der Waals surface area contributed by atoms with Crippen LogP contribution in [0.15, 0.2) is 0 Å². The molecular weight excluding hydrogens is 216 g/mol. The molecular formula is C13H24N2O2. The van der Waals surface area contributed by atoms with Crippen molar-refractivity contribution in [3.05, 3.63) is 0 Å². The highest BCUT2D eigenvalue weighted by molar-refractivity contribution is 5.82. The molecule has 2 rings (SSSR count). The van der Waals surface area contributed by atoms with Crippen LogP contribution in [0.3, 0.4) is 0 Å². The molecule has 2 saturated heterocycles. The molecule has 0 aromatic heterocycles. The summed E-state index contributed by atoms with van der Waals surface area (Å²) in [5, 5.41) is 13.3. The van der Waals surface area contributed by atoms with Gasteiger partial charge in [0.25, 0.3) is 0 Å². The third-order valence-electron chi connectivity index (χ3n) is 3.98. The predicted molar refractivity (Wildman–Crippen MR) is 66.7 cm³/mol. The monoisotopic (exact) mass is 240 g/mol.